The van der Waals surface area contributed by atoms with E-state index >= 15 is 0 Å². The first-order chi connectivity index (χ1) is 9.17. The lowest BCUT2D eigenvalue weighted by Gasteiger charge is -2.07. The smallest absolute Gasteiger partial charge is 0.322 e. The van der Waals surface area contributed by atoms with Gasteiger partial charge in [0.1, 0.15) is 0 Å². The third-order valence-electron chi connectivity index (χ3n) is 2.28. The zero-order chi connectivity index (χ0) is 13.7. The number of ether oxygens (including phenoxy) is 1. The van der Waals surface area contributed by atoms with Crippen LogP contribution in [-0.4, -0.2) is 26.5 Å². The van der Waals surface area contributed by atoms with Crippen molar-refractivity contribution >= 4 is 17.5 Å². The molecule has 19 heavy (non-hydrogen) atoms. The lowest BCUT2D eigenvalue weighted by molar-refractivity contribution is 0.312. The molecule has 0 fully saturated rings. The van der Waals surface area contributed by atoms with Crippen molar-refractivity contribution in [2.24, 2.45) is 0 Å². The van der Waals surface area contributed by atoms with Crippen LogP contribution < -0.4 is 10.1 Å². The fourth-order valence-corrected chi connectivity index (χ4v) is 1.54. The third-order valence-corrected chi connectivity index (χ3v) is 2.45. The second-order valence-electron chi connectivity index (χ2n) is 3.81. The summed E-state index contributed by atoms with van der Waals surface area (Å²) in [6.45, 7) is 4.82. The third kappa shape index (κ3) is 4.03. The van der Waals surface area contributed by atoms with E-state index in [0.717, 1.165) is 11.3 Å². The van der Waals surface area contributed by atoms with Crippen LogP contribution in [0.15, 0.2) is 18.3 Å². The van der Waals surface area contributed by atoms with Crippen molar-refractivity contribution in [1.82, 2.24) is 19.9 Å². The largest absolute Gasteiger partial charge is 0.464 e. The van der Waals surface area contributed by atoms with E-state index in [4.69, 9.17) is 16.3 Å². The molecule has 0 amide bonds. The molecule has 6 nitrogen and oxygen atoms in total. The van der Waals surface area contributed by atoms with Crippen LogP contribution in [0.4, 0.5) is 5.95 Å². The molecule has 2 heterocycles. The first-order valence-corrected chi connectivity index (χ1v) is 6.25. The number of aryl methyl sites for hydroxylation is 1. The van der Waals surface area contributed by atoms with Crippen LogP contribution in [0.2, 0.25) is 5.28 Å². The second kappa shape index (κ2) is 6.29. The molecule has 0 saturated carbocycles. The molecule has 0 aliphatic carbocycles. The summed E-state index contributed by atoms with van der Waals surface area (Å²) in [6.07, 6.45) is 1.80. The Bertz CT molecular complexity index is 546. The van der Waals surface area contributed by atoms with E-state index in [1.54, 1.807) is 6.20 Å². The highest BCUT2D eigenvalue weighted by atomic mass is 35.5. The highest BCUT2D eigenvalue weighted by molar-refractivity contribution is 6.28. The van der Waals surface area contributed by atoms with E-state index in [1.165, 1.54) is 0 Å². The topological polar surface area (TPSA) is 72.8 Å². The van der Waals surface area contributed by atoms with E-state index in [1.807, 2.05) is 26.0 Å². The van der Waals surface area contributed by atoms with E-state index in [0.29, 0.717) is 19.1 Å². The normalized spacial score (nSPS) is 10.3. The maximum Gasteiger partial charge on any atom is 0.322 e. The second-order valence-corrected chi connectivity index (χ2v) is 4.14. The lowest BCUT2D eigenvalue weighted by Crippen LogP contribution is -2.07. The zero-order valence-electron chi connectivity index (χ0n) is 10.7. The molecule has 0 saturated heterocycles. The molecule has 0 spiro atoms. The molecule has 0 bridgehead atoms. The number of nitrogens with zero attached hydrogens (tertiary/aromatic N) is 4. The monoisotopic (exact) mass is 279 g/mol. The van der Waals surface area contributed by atoms with Crippen molar-refractivity contribution in [1.29, 1.82) is 0 Å². The molecule has 2 rings (SSSR count). The first-order valence-electron chi connectivity index (χ1n) is 5.87. The predicted octanol–water partition coefficient (Wildman–Crippen LogP) is 2.24. The van der Waals surface area contributed by atoms with Gasteiger partial charge in [0.2, 0.25) is 11.2 Å². The average Bonchev–Trinajstić information content (AvgIpc) is 2.38. The Balaban J connectivity index is 2.04. The minimum Gasteiger partial charge on any atom is -0.464 e. The van der Waals surface area contributed by atoms with Crippen molar-refractivity contribution in [2.75, 3.05) is 11.9 Å². The summed E-state index contributed by atoms with van der Waals surface area (Å²) >= 11 is 5.79. The van der Waals surface area contributed by atoms with Crippen LogP contribution in [0.3, 0.4) is 0 Å². The van der Waals surface area contributed by atoms with Crippen LogP contribution >= 0.6 is 11.6 Å². The van der Waals surface area contributed by atoms with Crippen LogP contribution in [-0.2, 0) is 6.54 Å². The van der Waals surface area contributed by atoms with Crippen LogP contribution in [0.5, 0.6) is 6.01 Å². The number of pyridine rings is 1. The van der Waals surface area contributed by atoms with Crippen molar-refractivity contribution < 1.29 is 4.74 Å². The number of rotatable bonds is 5. The van der Waals surface area contributed by atoms with Crippen molar-refractivity contribution in [3.63, 3.8) is 0 Å². The highest BCUT2D eigenvalue weighted by Gasteiger charge is 2.05. The summed E-state index contributed by atoms with van der Waals surface area (Å²) in [5.41, 5.74) is 2.01. The summed E-state index contributed by atoms with van der Waals surface area (Å²) in [4.78, 5) is 16.1. The molecule has 2 aromatic rings. The molecule has 0 unspecified atom stereocenters. The van der Waals surface area contributed by atoms with Crippen LogP contribution in [0.25, 0.3) is 0 Å². The average molecular weight is 280 g/mol. The Morgan fingerprint density at radius 2 is 2.11 bits per heavy atom. The summed E-state index contributed by atoms with van der Waals surface area (Å²) in [6, 6.07) is 4.15. The Hall–Kier alpha value is -1.95. The minimum absolute atomic E-state index is 0.1000. The summed E-state index contributed by atoms with van der Waals surface area (Å²) in [5.74, 6) is 0.379. The van der Waals surface area contributed by atoms with Gasteiger partial charge in [0, 0.05) is 18.4 Å². The molecule has 0 radical (unpaired) electrons. The first kappa shape index (κ1) is 13.5. The van der Waals surface area contributed by atoms with Gasteiger partial charge in [0.15, 0.2) is 0 Å². The minimum atomic E-state index is 0.1000. The summed E-state index contributed by atoms with van der Waals surface area (Å²) < 4.78 is 5.20. The Kier molecular flexibility index (Phi) is 4.46. The van der Waals surface area contributed by atoms with Crippen LogP contribution in [0.1, 0.15) is 18.2 Å². The van der Waals surface area contributed by atoms with E-state index in [9.17, 15) is 0 Å². The Morgan fingerprint density at radius 3 is 2.79 bits per heavy atom. The molecule has 100 valence electrons. The van der Waals surface area contributed by atoms with Gasteiger partial charge in [-0.05, 0) is 37.1 Å². The van der Waals surface area contributed by atoms with Gasteiger partial charge in [0.25, 0.3) is 0 Å². The van der Waals surface area contributed by atoms with Gasteiger partial charge < -0.3 is 10.1 Å². The molecule has 2 aromatic heterocycles. The SMILES string of the molecule is CCOc1nc(Cl)nc(NCc2ccc(C)nc2)n1. The van der Waals surface area contributed by atoms with Gasteiger partial charge in [-0.3, -0.25) is 4.98 Å². The number of anilines is 1. The van der Waals surface area contributed by atoms with Gasteiger partial charge in [-0.2, -0.15) is 15.0 Å². The van der Waals surface area contributed by atoms with Gasteiger partial charge >= 0.3 is 6.01 Å². The van der Waals surface area contributed by atoms with Gasteiger partial charge in [-0.25, -0.2) is 0 Å². The molecule has 7 heteroatoms. The van der Waals surface area contributed by atoms with Crippen molar-refractivity contribution in [3.05, 3.63) is 34.9 Å². The Morgan fingerprint density at radius 1 is 1.26 bits per heavy atom. The number of aromatic nitrogens is 4. The van der Waals surface area contributed by atoms with Crippen LogP contribution in [0, 0.1) is 6.92 Å². The molecule has 0 aliphatic heterocycles. The molecular formula is C12H14ClN5O. The number of halogens is 1. The summed E-state index contributed by atoms with van der Waals surface area (Å²) in [5, 5.41) is 3.15. The highest BCUT2D eigenvalue weighted by Crippen LogP contribution is 2.12. The zero-order valence-corrected chi connectivity index (χ0v) is 11.5. The van der Waals surface area contributed by atoms with Crippen molar-refractivity contribution in [3.8, 4) is 6.01 Å². The van der Waals surface area contributed by atoms with Gasteiger partial charge in [-0.1, -0.05) is 6.07 Å². The van der Waals surface area contributed by atoms with Gasteiger partial charge in [0.05, 0.1) is 6.61 Å². The lowest BCUT2D eigenvalue weighted by atomic mass is 10.2. The molecule has 1 N–H and O–H groups in total. The molecule has 0 aromatic carbocycles. The van der Waals surface area contributed by atoms with E-state index < -0.39 is 0 Å². The maximum absolute atomic E-state index is 5.79. The fraction of sp³-hybridized carbons (Fsp3) is 0.333. The summed E-state index contributed by atoms with van der Waals surface area (Å²) in [7, 11) is 0. The Labute approximate surface area is 116 Å². The number of hydrogen-bond acceptors (Lipinski definition) is 6. The number of nitrogens with one attached hydrogen (secondary N) is 1. The number of hydrogen-bond donors (Lipinski definition) is 1. The maximum atomic E-state index is 5.79. The molecular weight excluding hydrogens is 266 g/mol. The van der Waals surface area contributed by atoms with E-state index in [-0.39, 0.29) is 11.3 Å². The predicted molar refractivity (Wildman–Crippen MR) is 72.3 cm³/mol. The molecule has 0 aliphatic rings. The van der Waals surface area contributed by atoms with Crippen molar-refractivity contribution in [2.45, 2.75) is 20.4 Å². The van der Waals surface area contributed by atoms with E-state index in [2.05, 4.69) is 25.3 Å². The fourth-order valence-electron chi connectivity index (χ4n) is 1.39. The van der Waals surface area contributed by atoms with Gasteiger partial charge in [-0.15, -0.1) is 0 Å². The molecule has 0 atom stereocenters. The standard InChI is InChI=1S/C12H14ClN5O/c1-3-19-12-17-10(13)16-11(18-12)15-7-9-5-4-8(2)14-6-9/h4-6H,3,7H2,1-2H3,(H,15,16,17,18). The quantitative estimate of drug-likeness (QED) is 0.905.